The highest BCUT2D eigenvalue weighted by Gasteiger charge is 2.12. The molecule has 0 saturated carbocycles. The number of rotatable bonds is 3. The molecule has 2 aromatic rings. The number of hydrogen-bond acceptors (Lipinski definition) is 2. The van der Waals surface area contributed by atoms with Gasteiger partial charge in [-0.3, -0.25) is 4.68 Å². The Morgan fingerprint density at radius 3 is 2.94 bits per heavy atom. The number of aromatic nitrogens is 2. The van der Waals surface area contributed by atoms with Crippen LogP contribution in [0, 0.1) is 3.57 Å². The van der Waals surface area contributed by atoms with Crippen molar-refractivity contribution in [1.29, 1.82) is 0 Å². The Kier molecular flexibility index (Phi) is 4.22. The Bertz CT molecular complexity index is 524. The number of benzene rings is 1. The monoisotopic (exact) mass is 405 g/mol. The van der Waals surface area contributed by atoms with E-state index in [4.69, 9.17) is 5.73 Å². The van der Waals surface area contributed by atoms with Crippen LogP contribution in [0.2, 0.25) is 0 Å². The maximum Gasteiger partial charge on any atom is 0.0522 e. The molecule has 1 unspecified atom stereocenters. The molecule has 0 aliphatic heterocycles. The maximum atomic E-state index is 6.24. The van der Waals surface area contributed by atoms with E-state index in [-0.39, 0.29) is 6.04 Å². The molecule has 2 rings (SSSR count). The van der Waals surface area contributed by atoms with Crippen molar-refractivity contribution >= 4 is 38.5 Å². The summed E-state index contributed by atoms with van der Waals surface area (Å²) in [6.07, 6.45) is 4.68. The smallest absolute Gasteiger partial charge is 0.0522 e. The summed E-state index contributed by atoms with van der Waals surface area (Å²) in [4.78, 5) is 0. The first kappa shape index (κ1) is 13.0. The highest BCUT2D eigenvalue weighted by molar-refractivity contribution is 14.1. The Balaban J connectivity index is 2.19. The van der Waals surface area contributed by atoms with Gasteiger partial charge in [0.25, 0.3) is 0 Å². The zero-order valence-electron chi connectivity index (χ0n) is 9.40. The molecule has 0 aliphatic carbocycles. The van der Waals surface area contributed by atoms with E-state index in [0.29, 0.717) is 0 Å². The van der Waals surface area contributed by atoms with Crippen molar-refractivity contribution in [3.63, 3.8) is 0 Å². The van der Waals surface area contributed by atoms with Crippen LogP contribution in [0.4, 0.5) is 0 Å². The molecule has 90 valence electrons. The minimum atomic E-state index is 0.00333. The third-order valence-electron chi connectivity index (χ3n) is 2.57. The lowest BCUT2D eigenvalue weighted by atomic mass is 10.0. The first-order valence-corrected chi connectivity index (χ1v) is 7.11. The van der Waals surface area contributed by atoms with Crippen molar-refractivity contribution in [2.75, 3.05) is 0 Å². The Hall–Kier alpha value is -0.400. The number of aryl methyl sites for hydroxylation is 1. The predicted molar refractivity (Wildman–Crippen MR) is 80.7 cm³/mol. The molecule has 1 atom stereocenters. The maximum absolute atomic E-state index is 6.24. The van der Waals surface area contributed by atoms with Gasteiger partial charge >= 0.3 is 0 Å². The van der Waals surface area contributed by atoms with Gasteiger partial charge in [0.1, 0.15) is 0 Å². The average molecular weight is 406 g/mol. The van der Waals surface area contributed by atoms with E-state index in [1.165, 1.54) is 9.13 Å². The van der Waals surface area contributed by atoms with E-state index < -0.39 is 0 Å². The molecule has 17 heavy (non-hydrogen) atoms. The summed E-state index contributed by atoms with van der Waals surface area (Å²) >= 11 is 5.80. The van der Waals surface area contributed by atoms with Gasteiger partial charge in [0.15, 0.2) is 0 Å². The van der Waals surface area contributed by atoms with Crippen LogP contribution in [-0.4, -0.2) is 9.78 Å². The Labute approximate surface area is 123 Å². The number of halogens is 2. The minimum absolute atomic E-state index is 0.00333. The molecule has 3 nitrogen and oxygen atoms in total. The van der Waals surface area contributed by atoms with E-state index >= 15 is 0 Å². The molecule has 0 amide bonds. The third-order valence-corrected chi connectivity index (χ3v) is 4.05. The molecule has 0 fully saturated rings. The minimum Gasteiger partial charge on any atom is -0.324 e. The van der Waals surface area contributed by atoms with Crippen LogP contribution in [-0.2, 0) is 13.5 Å². The van der Waals surface area contributed by atoms with Crippen LogP contribution in [0.1, 0.15) is 17.2 Å². The van der Waals surface area contributed by atoms with Gasteiger partial charge in [-0.15, -0.1) is 0 Å². The van der Waals surface area contributed by atoms with Gasteiger partial charge in [-0.2, -0.15) is 5.10 Å². The molecule has 5 heteroatoms. The van der Waals surface area contributed by atoms with E-state index in [0.717, 1.165) is 16.5 Å². The molecule has 0 spiro atoms. The van der Waals surface area contributed by atoms with E-state index in [1.807, 2.05) is 25.5 Å². The molecule has 1 aromatic carbocycles. The van der Waals surface area contributed by atoms with Crippen LogP contribution < -0.4 is 5.73 Å². The molecular formula is C12H13BrIN3. The molecule has 0 aliphatic rings. The molecule has 0 radical (unpaired) electrons. The quantitative estimate of drug-likeness (QED) is 0.797. The lowest BCUT2D eigenvalue weighted by molar-refractivity contribution is 0.715. The van der Waals surface area contributed by atoms with Crippen LogP contribution >= 0.6 is 38.5 Å². The van der Waals surface area contributed by atoms with Gasteiger partial charge in [-0.05, 0) is 58.3 Å². The van der Waals surface area contributed by atoms with Gasteiger partial charge in [-0.1, -0.05) is 15.9 Å². The summed E-state index contributed by atoms with van der Waals surface area (Å²) in [5, 5.41) is 4.15. The van der Waals surface area contributed by atoms with E-state index in [1.54, 1.807) is 4.68 Å². The summed E-state index contributed by atoms with van der Waals surface area (Å²) in [5.41, 5.74) is 8.58. The number of nitrogens with two attached hydrogens (primary N) is 1. The first-order chi connectivity index (χ1) is 8.06. The van der Waals surface area contributed by atoms with Gasteiger partial charge < -0.3 is 5.73 Å². The molecule has 0 bridgehead atoms. The molecule has 1 heterocycles. The van der Waals surface area contributed by atoms with E-state index in [2.05, 4.69) is 55.8 Å². The summed E-state index contributed by atoms with van der Waals surface area (Å²) < 4.78 is 4.06. The third kappa shape index (κ3) is 3.29. The normalized spacial score (nSPS) is 12.7. The van der Waals surface area contributed by atoms with Crippen LogP contribution in [0.15, 0.2) is 35.1 Å². The lowest BCUT2D eigenvalue weighted by Gasteiger charge is -2.13. The topological polar surface area (TPSA) is 43.8 Å². The van der Waals surface area contributed by atoms with Crippen molar-refractivity contribution < 1.29 is 0 Å². The SMILES string of the molecule is Cn1cc(CC(N)c2cc(Br)ccc2I)cn1. The first-order valence-electron chi connectivity index (χ1n) is 5.24. The van der Waals surface area contributed by atoms with E-state index in [9.17, 15) is 0 Å². The highest BCUT2D eigenvalue weighted by atomic mass is 127. The van der Waals surface area contributed by atoms with Crippen LogP contribution in [0.3, 0.4) is 0 Å². The zero-order chi connectivity index (χ0) is 12.4. The molecule has 2 N–H and O–H groups in total. The summed E-state index contributed by atoms with van der Waals surface area (Å²) in [7, 11) is 1.91. The second-order valence-electron chi connectivity index (χ2n) is 4.00. The summed E-state index contributed by atoms with van der Waals surface area (Å²) in [6.45, 7) is 0. The molecule has 1 aromatic heterocycles. The second-order valence-corrected chi connectivity index (χ2v) is 6.08. The van der Waals surface area contributed by atoms with Crippen molar-refractivity contribution in [3.8, 4) is 0 Å². The average Bonchev–Trinajstić information content (AvgIpc) is 2.67. The molecular weight excluding hydrogens is 393 g/mol. The van der Waals surface area contributed by atoms with Crippen molar-refractivity contribution in [3.05, 3.63) is 49.8 Å². The standard InChI is InChI=1S/C12H13BrIN3/c1-17-7-8(6-16-17)4-12(15)10-5-9(13)2-3-11(10)14/h2-3,5-7,12H,4,15H2,1H3. The Morgan fingerprint density at radius 2 is 2.29 bits per heavy atom. The van der Waals surface area contributed by atoms with Crippen molar-refractivity contribution in [1.82, 2.24) is 9.78 Å². The Morgan fingerprint density at radius 1 is 1.53 bits per heavy atom. The van der Waals surface area contributed by atoms with Gasteiger partial charge in [0, 0.05) is 27.3 Å². The number of hydrogen-bond donors (Lipinski definition) is 1. The summed E-state index contributed by atoms with van der Waals surface area (Å²) in [5.74, 6) is 0. The summed E-state index contributed by atoms with van der Waals surface area (Å²) in [6, 6.07) is 6.19. The fourth-order valence-corrected chi connectivity index (χ4v) is 2.85. The van der Waals surface area contributed by atoms with Crippen LogP contribution in [0.25, 0.3) is 0 Å². The second kappa shape index (κ2) is 5.49. The largest absolute Gasteiger partial charge is 0.324 e. The van der Waals surface area contributed by atoms with Gasteiger partial charge in [-0.25, -0.2) is 0 Å². The van der Waals surface area contributed by atoms with Crippen molar-refractivity contribution in [2.24, 2.45) is 12.8 Å². The van der Waals surface area contributed by atoms with Crippen LogP contribution in [0.5, 0.6) is 0 Å². The van der Waals surface area contributed by atoms with Gasteiger partial charge in [0.2, 0.25) is 0 Å². The predicted octanol–water partition coefficient (Wildman–Crippen LogP) is 3.03. The fourth-order valence-electron chi connectivity index (χ4n) is 1.74. The van der Waals surface area contributed by atoms with Gasteiger partial charge in [0.05, 0.1) is 6.20 Å². The lowest BCUT2D eigenvalue weighted by Crippen LogP contribution is -2.14. The number of nitrogens with zero attached hydrogens (tertiary/aromatic N) is 2. The molecule has 0 saturated heterocycles. The zero-order valence-corrected chi connectivity index (χ0v) is 13.1. The highest BCUT2D eigenvalue weighted by Crippen LogP contribution is 2.25. The fraction of sp³-hybridized carbons (Fsp3) is 0.250. The van der Waals surface area contributed by atoms with Crippen molar-refractivity contribution in [2.45, 2.75) is 12.5 Å².